The molecule has 4 heteroatoms. The number of nitrogens with one attached hydrogen (secondary N) is 1. The second-order valence-corrected chi connectivity index (χ2v) is 2.51. The Morgan fingerprint density at radius 2 is 2.09 bits per heavy atom. The third kappa shape index (κ3) is 2.67. The number of hydrogen-bond donors (Lipinski definition) is 1. The Kier molecular flexibility index (Phi) is 3.04. The molecule has 0 atom stereocenters. The van der Waals surface area contributed by atoms with Gasteiger partial charge in [-0.25, -0.2) is 0 Å². The molecular formula is C7H11NO3. The van der Waals surface area contributed by atoms with E-state index in [0.717, 1.165) is 12.8 Å². The lowest BCUT2D eigenvalue weighted by atomic mass is 10.1. The van der Waals surface area contributed by atoms with Gasteiger partial charge in [0.2, 0.25) is 6.29 Å². The standard InChI is InChI=1S/C7H11NO3/c9-5-7(10)8-6-1-3-11-4-2-6/h5-6H,1-4H2,(H,8,10). The Balaban J connectivity index is 2.24. The van der Waals surface area contributed by atoms with Crippen molar-refractivity contribution in [3.8, 4) is 0 Å². The van der Waals surface area contributed by atoms with Crippen LogP contribution in [-0.4, -0.2) is 31.4 Å². The summed E-state index contributed by atoms with van der Waals surface area (Å²) in [5.74, 6) is -0.531. The van der Waals surface area contributed by atoms with Gasteiger partial charge in [-0.1, -0.05) is 0 Å². The summed E-state index contributed by atoms with van der Waals surface area (Å²) in [5.41, 5.74) is 0. The van der Waals surface area contributed by atoms with Gasteiger partial charge < -0.3 is 10.1 Å². The fourth-order valence-electron chi connectivity index (χ4n) is 1.08. The molecule has 0 aromatic heterocycles. The van der Waals surface area contributed by atoms with Gasteiger partial charge in [0.15, 0.2) is 0 Å². The molecule has 1 aliphatic rings. The van der Waals surface area contributed by atoms with Gasteiger partial charge in [-0.2, -0.15) is 0 Å². The average molecular weight is 157 g/mol. The van der Waals surface area contributed by atoms with Crippen molar-refractivity contribution in [3.05, 3.63) is 0 Å². The Bertz CT molecular complexity index is 152. The van der Waals surface area contributed by atoms with Crippen LogP contribution >= 0.6 is 0 Å². The minimum absolute atomic E-state index is 0.126. The highest BCUT2D eigenvalue weighted by atomic mass is 16.5. The normalized spacial score (nSPS) is 19.3. The molecule has 0 saturated carbocycles. The van der Waals surface area contributed by atoms with E-state index in [9.17, 15) is 9.59 Å². The van der Waals surface area contributed by atoms with Gasteiger partial charge in [0.1, 0.15) is 0 Å². The predicted molar refractivity (Wildman–Crippen MR) is 38.0 cm³/mol. The number of amides is 1. The van der Waals surface area contributed by atoms with Crippen molar-refractivity contribution in [1.82, 2.24) is 5.32 Å². The maximum Gasteiger partial charge on any atom is 0.284 e. The molecule has 0 radical (unpaired) electrons. The number of ether oxygens (including phenoxy) is 1. The van der Waals surface area contributed by atoms with E-state index in [-0.39, 0.29) is 6.04 Å². The van der Waals surface area contributed by atoms with Gasteiger partial charge in [-0.15, -0.1) is 0 Å². The molecule has 11 heavy (non-hydrogen) atoms. The van der Waals surface area contributed by atoms with Gasteiger partial charge in [0, 0.05) is 19.3 Å². The Morgan fingerprint density at radius 1 is 1.45 bits per heavy atom. The molecule has 1 saturated heterocycles. The van der Waals surface area contributed by atoms with Crippen molar-refractivity contribution >= 4 is 12.2 Å². The number of rotatable bonds is 2. The summed E-state index contributed by atoms with van der Waals surface area (Å²) in [6.07, 6.45) is 1.91. The first kappa shape index (κ1) is 8.20. The Hall–Kier alpha value is -0.900. The lowest BCUT2D eigenvalue weighted by Gasteiger charge is -2.21. The molecule has 0 bridgehead atoms. The van der Waals surface area contributed by atoms with Gasteiger partial charge in [-0.05, 0) is 12.8 Å². The van der Waals surface area contributed by atoms with Crippen LogP contribution in [0.25, 0.3) is 0 Å². The summed E-state index contributed by atoms with van der Waals surface area (Å²) in [4.78, 5) is 20.5. The fourth-order valence-corrected chi connectivity index (χ4v) is 1.08. The second-order valence-electron chi connectivity index (χ2n) is 2.51. The number of carbonyl (C=O) groups is 2. The minimum Gasteiger partial charge on any atom is -0.381 e. The first-order valence-electron chi connectivity index (χ1n) is 3.66. The van der Waals surface area contributed by atoms with E-state index in [1.807, 2.05) is 0 Å². The van der Waals surface area contributed by atoms with E-state index < -0.39 is 5.91 Å². The van der Waals surface area contributed by atoms with E-state index in [1.165, 1.54) is 0 Å². The van der Waals surface area contributed by atoms with Gasteiger partial charge >= 0.3 is 0 Å². The van der Waals surface area contributed by atoms with Crippen LogP contribution in [0.4, 0.5) is 0 Å². The van der Waals surface area contributed by atoms with Crippen LogP contribution in [0.3, 0.4) is 0 Å². The summed E-state index contributed by atoms with van der Waals surface area (Å²) >= 11 is 0. The zero-order chi connectivity index (χ0) is 8.10. The highest BCUT2D eigenvalue weighted by Gasteiger charge is 2.14. The fraction of sp³-hybridized carbons (Fsp3) is 0.714. The van der Waals surface area contributed by atoms with E-state index >= 15 is 0 Å². The van der Waals surface area contributed by atoms with Crippen molar-refractivity contribution in [1.29, 1.82) is 0 Å². The molecule has 0 spiro atoms. The van der Waals surface area contributed by atoms with Crippen LogP contribution in [0.15, 0.2) is 0 Å². The van der Waals surface area contributed by atoms with Crippen molar-refractivity contribution in [3.63, 3.8) is 0 Å². The molecule has 0 unspecified atom stereocenters. The van der Waals surface area contributed by atoms with Crippen molar-refractivity contribution in [2.24, 2.45) is 0 Å². The molecule has 1 amide bonds. The van der Waals surface area contributed by atoms with Crippen LogP contribution in [0, 0.1) is 0 Å². The molecule has 1 rings (SSSR count). The second kappa shape index (κ2) is 4.08. The zero-order valence-electron chi connectivity index (χ0n) is 6.21. The van der Waals surface area contributed by atoms with Crippen LogP contribution < -0.4 is 5.32 Å². The molecule has 1 fully saturated rings. The van der Waals surface area contributed by atoms with Crippen LogP contribution in [0.2, 0.25) is 0 Å². The van der Waals surface area contributed by atoms with E-state index in [4.69, 9.17) is 4.74 Å². The zero-order valence-corrected chi connectivity index (χ0v) is 6.21. The monoisotopic (exact) mass is 157 g/mol. The summed E-state index contributed by atoms with van der Waals surface area (Å²) < 4.78 is 5.08. The molecule has 0 aromatic carbocycles. The number of carbonyl (C=O) groups excluding carboxylic acids is 2. The van der Waals surface area contributed by atoms with E-state index in [2.05, 4.69) is 5.32 Å². The van der Waals surface area contributed by atoms with E-state index in [1.54, 1.807) is 0 Å². The highest BCUT2D eigenvalue weighted by Crippen LogP contribution is 2.05. The molecule has 1 aliphatic heterocycles. The van der Waals surface area contributed by atoms with Gasteiger partial charge in [-0.3, -0.25) is 9.59 Å². The molecule has 1 heterocycles. The molecule has 4 nitrogen and oxygen atoms in total. The van der Waals surface area contributed by atoms with Crippen LogP contribution in [0.5, 0.6) is 0 Å². The number of hydrogen-bond acceptors (Lipinski definition) is 3. The highest BCUT2D eigenvalue weighted by molar-refractivity contribution is 6.23. The Morgan fingerprint density at radius 3 is 2.64 bits per heavy atom. The van der Waals surface area contributed by atoms with E-state index in [0.29, 0.717) is 19.5 Å². The Labute approximate surface area is 64.9 Å². The smallest absolute Gasteiger partial charge is 0.284 e. The lowest BCUT2D eigenvalue weighted by Crippen LogP contribution is -2.39. The summed E-state index contributed by atoms with van der Waals surface area (Å²) in [5, 5.41) is 2.58. The number of aldehydes is 1. The first-order chi connectivity index (χ1) is 5.33. The van der Waals surface area contributed by atoms with Gasteiger partial charge in [0.05, 0.1) is 0 Å². The molecule has 0 aromatic rings. The topological polar surface area (TPSA) is 55.4 Å². The maximum absolute atomic E-state index is 10.6. The average Bonchev–Trinajstić information content (AvgIpc) is 2.06. The summed E-state index contributed by atoms with van der Waals surface area (Å²) in [7, 11) is 0. The molecular weight excluding hydrogens is 146 g/mol. The largest absolute Gasteiger partial charge is 0.381 e. The van der Waals surface area contributed by atoms with Crippen molar-refractivity contribution < 1.29 is 14.3 Å². The predicted octanol–water partition coefficient (Wildman–Crippen LogP) is -0.520. The van der Waals surface area contributed by atoms with Crippen LogP contribution in [-0.2, 0) is 14.3 Å². The van der Waals surface area contributed by atoms with Crippen molar-refractivity contribution in [2.75, 3.05) is 13.2 Å². The molecule has 0 aliphatic carbocycles. The maximum atomic E-state index is 10.6. The molecule has 1 N–H and O–H groups in total. The third-order valence-corrected chi connectivity index (χ3v) is 1.67. The lowest BCUT2D eigenvalue weighted by molar-refractivity contribution is -0.132. The first-order valence-corrected chi connectivity index (χ1v) is 3.66. The quantitative estimate of drug-likeness (QED) is 0.433. The SMILES string of the molecule is O=CC(=O)NC1CCOCC1. The summed E-state index contributed by atoms with van der Waals surface area (Å²) in [6, 6.07) is 0.126. The van der Waals surface area contributed by atoms with Crippen LogP contribution in [0.1, 0.15) is 12.8 Å². The third-order valence-electron chi connectivity index (χ3n) is 1.67. The van der Waals surface area contributed by atoms with Crippen molar-refractivity contribution in [2.45, 2.75) is 18.9 Å². The summed E-state index contributed by atoms with van der Waals surface area (Å²) in [6.45, 7) is 1.34. The molecule has 62 valence electrons. The van der Waals surface area contributed by atoms with Gasteiger partial charge in [0.25, 0.3) is 5.91 Å². The minimum atomic E-state index is -0.531.